The lowest BCUT2D eigenvalue weighted by molar-refractivity contribution is -0.119. The van der Waals surface area contributed by atoms with E-state index in [1.165, 1.54) is 11.3 Å². The maximum absolute atomic E-state index is 12.0. The van der Waals surface area contributed by atoms with Gasteiger partial charge in [-0.3, -0.25) is 9.59 Å². The van der Waals surface area contributed by atoms with Crippen molar-refractivity contribution in [1.29, 1.82) is 0 Å². The molecule has 0 fully saturated rings. The number of rotatable bonds is 5. The van der Waals surface area contributed by atoms with Crippen LogP contribution in [-0.2, 0) is 4.79 Å². The van der Waals surface area contributed by atoms with Crippen molar-refractivity contribution >= 4 is 46.1 Å². The highest BCUT2D eigenvalue weighted by molar-refractivity contribution is 7.12. The second kappa shape index (κ2) is 7.42. The number of anilines is 2. The molecule has 1 unspecified atom stereocenters. The first-order chi connectivity index (χ1) is 10.5. The lowest BCUT2D eigenvalue weighted by Crippen LogP contribution is -2.19. The van der Waals surface area contributed by atoms with Crippen molar-refractivity contribution in [3.8, 4) is 0 Å². The van der Waals surface area contributed by atoms with E-state index in [1.807, 2.05) is 25.3 Å². The highest BCUT2D eigenvalue weighted by Crippen LogP contribution is 2.26. The molecule has 0 aliphatic heterocycles. The predicted molar refractivity (Wildman–Crippen MR) is 91.8 cm³/mol. The van der Waals surface area contributed by atoms with Crippen LogP contribution in [0.3, 0.4) is 0 Å². The molecule has 2 N–H and O–H groups in total. The molecule has 1 atom stereocenters. The van der Waals surface area contributed by atoms with Crippen molar-refractivity contribution < 1.29 is 9.59 Å². The molecule has 0 aliphatic rings. The number of carbonyl (C=O) groups excluding carboxylic acids is 2. The maximum Gasteiger partial charge on any atom is 0.265 e. The summed E-state index contributed by atoms with van der Waals surface area (Å²) in [5, 5.41) is 7.78. The van der Waals surface area contributed by atoms with Gasteiger partial charge in [0.1, 0.15) is 0 Å². The number of hydrogen-bond acceptors (Lipinski definition) is 3. The van der Waals surface area contributed by atoms with E-state index in [1.54, 1.807) is 24.3 Å². The molecule has 1 aromatic carbocycles. The summed E-state index contributed by atoms with van der Waals surface area (Å²) >= 11 is 7.53. The molecule has 0 saturated heterocycles. The Morgan fingerprint density at radius 3 is 2.64 bits per heavy atom. The summed E-state index contributed by atoms with van der Waals surface area (Å²) in [7, 11) is 0. The molecule has 0 bridgehead atoms. The van der Waals surface area contributed by atoms with Crippen molar-refractivity contribution in [2.75, 3.05) is 10.6 Å². The van der Waals surface area contributed by atoms with Gasteiger partial charge in [-0.15, -0.1) is 11.3 Å². The van der Waals surface area contributed by atoms with E-state index < -0.39 is 0 Å². The van der Waals surface area contributed by atoms with Crippen LogP contribution in [0.15, 0.2) is 35.7 Å². The average molecular weight is 337 g/mol. The quantitative estimate of drug-likeness (QED) is 0.835. The summed E-state index contributed by atoms with van der Waals surface area (Å²) in [6, 6.07) is 8.59. The van der Waals surface area contributed by atoms with Crippen molar-refractivity contribution in [2.24, 2.45) is 5.92 Å². The van der Waals surface area contributed by atoms with Crippen molar-refractivity contribution in [3.05, 3.63) is 45.6 Å². The van der Waals surface area contributed by atoms with Crippen LogP contribution in [0.1, 0.15) is 29.9 Å². The predicted octanol–water partition coefficient (Wildman–Crippen LogP) is 4.64. The molecule has 0 radical (unpaired) electrons. The topological polar surface area (TPSA) is 58.2 Å². The van der Waals surface area contributed by atoms with Gasteiger partial charge >= 0.3 is 0 Å². The Morgan fingerprint density at radius 1 is 1.27 bits per heavy atom. The summed E-state index contributed by atoms with van der Waals surface area (Å²) in [6.45, 7) is 3.83. The molecule has 2 aromatic rings. The number of halogens is 1. The molecule has 6 heteroatoms. The van der Waals surface area contributed by atoms with E-state index in [-0.39, 0.29) is 17.7 Å². The Kier molecular flexibility index (Phi) is 5.57. The van der Waals surface area contributed by atoms with Crippen molar-refractivity contribution in [1.82, 2.24) is 0 Å². The SMILES string of the molecule is CCC(C)C(=O)Nc1ccc(NC(=O)c2cccs2)c(Cl)c1. The Morgan fingerprint density at radius 2 is 2.05 bits per heavy atom. The first kappa shape index (κ1) is 16.5. The fourth-order valence-corrected chi connectivity index (χ4v) is 2.58. The van der Waals surface area contributed by atoms with E-state index in [9.17, 15) is 9.59 Å². The molecule has 22 heavy (non-hydrogen) atoms. The first-order valence-corrected chi connectivity index (χ1v) is 8.22. The highest BCUT2D eigenvalue weighted by atomic mass is 35.5. The smallest absolute Gasteiger partial charge is 0.265 e. The van der Waals surface area contributed by atoms with Gasteiger partial charge in [0, 0.05) is 11.6 Å². The van der Waals surface area contributed by atoms with Gasteiger partial charge in [-0.2, -0.15) is 0 Å². The molecular weight excluding hydrogens is 320 g/mol. The van der Waals surface area contributed by atoms with E-state index in [2.05, 4.69) is 10.6 Å². The van der Waals surface area contributed by atoms with Gasteiger partial charge in [-0.25, -0.2) is 0 Å². The standard InChI is InChI=1S/C16H17ClN2O2S/c1-3-10(2)15(20)18-11-6-7-13(12(17)9-11)19-16(21)14-5-4-8-22-14/h4-10H,3H2,1-2H3,(H,18,20)(H,19,21). The minimum Gasteiger partial charge on any atom is -0.326 e. The Labute approximate surface area is 138 Å². The van der Waals surface area contributed by atoms with Gasteiger partial charge in [0.2, 0.25) is 5.91 Å². The molecule has 1 aromatic heterocycles. The lowest BCUT2D eigenvalue weighted by atomic mass is 10.1. The third-order valence-electron chi connectivity index (χ3n) is 3.29. The van der Waals surface area contributed by atoms with E-state index >= 15 is 0 Å². The van der Waals surface area contributed by atoms with Crippen LogP contribution >= 0.6 is 22.9 Å². The van der Waals surface area contributed by atoms with E-state index in [0.29, 0.717) is 21.3 Å². The number of nitrogens with one attached hydrogen (secondary N) is 2. The molecule has 2 amide bonds. The van der Waals surface area contributed by atoms with Crippen LogP contribution in [0, 0.1) is 5.92 Å². The Hall–Kier alpha value is -1.85. The summed E-state index contributed by atoms with van der Waals surface area (Å²) in [6.07, 6.45) is 0.772. The minimum absolute atomic E-state index is 0.0473. The monoisotopic (exact) mass is 336 g/mol. The van der Waals surface area contributed by atoms with Gasteiger partial charge in [0.05, 0.1) is 15.6 Å². The largest absolute Gasteiger partial charge is 0.326 e. The Balaban J connectivity index is 2.06. The fraction of sp³-hybridized carbons (Fsp3) is 0.250. The van der Waals surface area contributed by atoms with Crippen LogP contribution in [-0.4, -0.2) is 11.8 Å². The zero-order chi connectivity index (χ0) is 16.1. The zero-order valence-corrected chi connectivity index (χ0v) is 13.9. The van der Waals surface area contributed by atoms with Gasteiger partial charge in [-0.05, 0) is 36.1 Å². The van der Waals surface area contributed by atoms with Crippen LogP contribution in [0.4, 0.5) is 11.4 Å². The summed E-state index contributed by atoms with van der Waals surface area (Å²) in [5.74, 6) is -0.306. The number of thiophene rings is 1. The number of benzene rings is 1. The van der Waals surface area contributed by atoms with Gasteiger partial charge < -0.3 is 10.6 Å². The molecule has 1 heterocycles. The normalized spacial score (nSPS) is 11.8. The summed E-state index contributed by atoms with van der Waals surface area (Å²) in [4.78, 5) is 24.5. The zero-order valence-electron chi connectivity index (χ0n) is 12.4. The molecule has 2 rings (SSSR count). The maximum atomic E-state index is 12.0. The van der Waals surface area contributed by atoms with Crippen LogP contribution < -0.4 is 10.6 Å². The van der Waals surface area contributed by atoms with Crippen LogP contribution in [0.5, 0.6) is 0 Å². The van der Waals surface area contributed by atoms with E-state index in [4.69, 9.17) is 11.6 Å². The molecule has 0 aliphatic carbocycles. The number of amides is 2. The molecule has 0 saturated carbocycles. The summed E-state index contributed by atoms with van der Waals surface area (Å²) in [5.41, 5.74) is 1.13. The summed E-state index contributed by atoms with van der Waals surface area (Å²) < 4.78 is 0. The Bertz CT molecular complexity index is 671. The second-order valence-electron chi connectivity index (χ2n) is 4.92. The minimum atomic E-state index is -0.201. The second-order valence-corrected chi connectivity index (χ2v) is 6.28. The fourth-order valence-electron chi connectivity index (χ4n) is 1.74. The van der Waals surface area contributed by atoms with Crippen molar-refractivity contribution in [2.45, 2.75) is 20.3 Å². The van der Waals surface area contributed by atoms with Crippen LogP contribution in [0.2, 0.25) is 5.02 Å². The average Bonchev–Trinajstić information content (AvgIpc) is 3.03. The third-order valence-corrected chi connectivity index (χ3v) is 4.47. The molecule has 0 spiro atoms. The number of carbonyl (C=O) groups is 2. The molecule has 116 valence electrons. The lowest BCUT2D eigenvalue weighted by Gasteiger charge is -2.12. The third kappa shape index (κ3) is 4.08. The first-order valence-electron chi connectivity index (χ1n) is 6.96. The van der Waals surface area contributed by atoms with E-state index in [0.717, 1.165) is 6.42 Å². The van der Waals surface area contributed by atoms with Crippen LogP contribution in [0.25, 0.3) is 0 Å². The van der Waals surface area contributed by atoms with Gasteiger partial charge in [-0.1, -0.05) is 31.5 Å². The number of hydrogen-bond donors (Lipinski definition) is 2. The van der Waals surface area contributed by atoms with Gasteiger partial charge in [0.15, 0.2) is 0 Å². The van der Waals surface area contributed by atoms with Crippen molar-refractivity contribution in [3.63, 3.8) is 0 Å². The molecule has 4 nitrogen and oxygen atoms in total. The van der Waals surface area contributed by atoms with Gasteiger partial charge in [0.25, 0.3) is 5.91 Å². The highest BCUT2D eigenvalue weighted by Gasteiger charge is 2.13. The molecular formula is C16H17ClN2O2S.